The summed E-state index contributed by atoms with van der Waals surface area (Å²) >= 11 is 0. The molecule has 14 heavy (non-hydrogen) atoms. The third-order valence-electron chi connectivity index (χ3n) is 1.61. The summed E-state index contributed by atoms with van der Waals surface area (Å²) in [7, 11) is 0. The number of hydrogen-bond donors (Lipinski definition) is 1. The number of ether oxygens (including phenoxy) is 1. The van der Waals surface area contributed by atoms with Gasteiger partial charge in [-0.3, -0.25) is 0 Å². The molecule has 0 aliphatic heterocycles. The molecule has 2 aromatic rings. The van der Waals surface area contributed by atoms with Crippen molar-refractivity contribution in [3.8, 4) is 11.6 Å². The maximum Gasteiger partial charge on any atom is 0.237 e. The monoisotopic (exact) mass is 187 g/mol. The van der Waals surface area contributed by atoms with Gasteiger partial charge in [-0.05, 0) is 12.1 Å². The second kappa shape index (κ2) is 3.74. The molecular formula is C10H9N3O. The van der Waals surface area contributed by atoms with Gasteiger partial charge in [0.25, 0.3) is 0 Å². The summed E-state index contributed by atoms with van der Waals surface area (Å²) in [5, 5.41) is 0. The second-order valence-electron chi connectivity index (χ2n) is 2.69. The van der Waals surface area contributed by atoms with Crippen LogP contribution >= 0.6 is 0 Å². The Balaban J connectivity index is 2.16. The minimum Gasteiger partial charge on any atom is -0.438 e. The summed E-state index contributed by atoms with van der Waals surface area (Å²) in [6.07, 6.45) is 2.95. The lowest BCUT2D eigenvalue weighted by molar-refractivity contribution is 0.460. The van der Waals surface area contributed by atoms with Crippen LogP contribution in [0.15, 0.2) is 42.7 Å². The van der Waals surface area contributed by atoms with Crippen LogP contribution in [0, 0.1) is 0 Å². The van der Waals surface area contributed by atoms with E-state index in [9.17, 15) is 0 Å². The lowest BCUT2D eigenvalue weighted by atomic mass is 10.3. The molecule has 0 fully saturated rings. The number of nitrogens with two attached hydrogens (primary N) is 1. The smallest absolute Gasteiger partial charge is 0.237 e. The minimum atomic E-state index is 0.380. The molecule has 0 aliphatic carbocycles. The second-order valence-corrected chi connectivity index (χ2v) is 2.69. The summed E-state index contributed by atoms with van der Waals surface area (Å²) in [5.74, 6) is 1.54. The Bertz CT molecular complexity index is 399. The van der Waals surface area contributed by atoms with Gasteiger partial charge in [0.15, 0.2) is 0 Å². The standard InChI is InChI=1S/C10H9N3O/c11-9-6-13-10(7-12-9)14-8-4-2-1-3-5-8/h1-7H,(H2,11,12). The van der Waals surface area contributed by atoms with Crippen LogP contribution in [-0.2, 0) is 0 Å². The molecule has 1 aromatic heterocycles. The largest absolute Gasteiger partial charge is 0.438 e. The van der Waals surface area contributed by atoms with Crippen LogP contribution in [0.3, 0.4) is 0 Å². The van der Waals surface area contributed by atoms with Gasteiger partial charge in [0, 0.05) is 0 Å². The van der Waals surface area contributed by atoms with Crippen molar-refractivity contribution in [3.63, 3.8) is 0 Å². The molecule has 0 unspecified atom stereocenters. The van der Waals surface area contributed by atoms with E-state index in [0.717, 1.165) is 5.75 Å². The molecule has 4 heteroatoms. The SMILES string of the molecule is Nc1cnc(Oc2ccccc2)cn1. The molecule has 1 heterocycles. The molecule has 0 radical (unpaired) electrons. The summed E-state index contributed by atoms with van der Waals surface area (Å²) in [5.41, 5.74) is 5.39. The van der Waals surface area contributed by atoms with Crippen LogP contribution in [0.2, 0.25) is 0 Å². The van der Waals surface area contributed by atoms with E-state index < -0.39 is 0 Å². The normalized spacial score (nSPS) is 9.71. The topological polar surface area (TPSA) is 61.0 Å². The first-order chi connectivity index (χ1) is 6.84. The van der Waals surface area contributed by atoms with E-state index in [1.807, 2.05) is 30.3 Å². The molecule has 0 saturated heterocycles. The van der Waals surface area contributed by atoms with E-state index in [-0.39, 0.29) is 0 Å². The highest BCUT2D eigenvalue weighted by Crippen LogP contribution is 2.17. The third kappa shape index (κ3) is 1.98. The maximum absolute atomic E-state index is 5.40. The van der Waals surface area contributed by atoms with Gasteiger partial charge in [0.05, 0.1) is 12.4 Å². The van der Waals surface area contributed by atoms with E-state index in [0.29, 0.717) is 11.7 Å². The highest BCUT2D eigenvalue weighted by molar-refractivity contribution is 5.28. The van der Waals surface area contributed by atoms with Crippen molar-refractivity contribution < 1.29 is 4.74 Å². The summed E-state index contributed by atoms with van der Waals surface area (Å²) in [4.78, 5) is 7.83. The minimum absolute atomic E-state index is 0.380. The number of anilines is 1. The number of rotatable bonds is 2. The van der Waals surface area contributed by atoms with Gasteiger partial charge in [-0.2, -0.15) is 0 Å². The molecule has 0 bridgehead atoms. The van der Waals surface area contributed by atoms with Crippen molar-refractivity contribution in [2.45, 2.75) is 0 Å². The lowest BCUT2D eigenvalue weighted by Gasteiger charge is -2.02. The van der Waals surface area contributed by atoms with Crippen molar-refractivity contribution in [2.75, 3.05) is 5.73 Å². The molecule has 4 nitrogen and oxygen atoms in total. The fourth-order valence-corrected chi connectivity index (χ4v) is 0.988. The summed E-state index contributed by atoms with van der Waals surface area (Å²) in [6, 6.07) is 9.39. The zero-order chi connectivity index (χ0) is 9.80. The first-order valence-corrected chi connectivity index (χ1v) is 4.15. The average Bonchev–Trinajstić information content (AvgIpc) is 2.23. The molecule has 2 rings (SSSR count). The van der Waals surface area contributed by atoms with Gasteiger partial charge in [-0.1, -0.05) is 18.2 Å². The fraction of sp³-hybridized carbons (Fsp3) is 0. The van der Waals surface area contributed by atoms with Crippen molar-refractivity contribution >= 4 is 5.82 Å². The van der Waals surface area contributed by atoms with E-state index >= 15 is 0 Å². The van der Waals surface area contributed by atoms with Crippen LogP contribution in [0.1, 0.15) is 0 Å². The molecule has 0 aliphatic rings. The highest BCUT2D eigenvalue weighted by atomic mass is 16.5. The summed E-state index contributed by atoms with van der Waals surface area (Å²) in [6.45, 7) is 0. The van der Waals surface area contributed by atoms with E-state index in [1.54, 1.807) is 0 Å². The molecule has 0 saturated carbocycles. The molecule has 1 aromatic carbocycles. The number of benzene rings is 1. The van der Waals surface area contributed by atoms with Gasteiger partial charge in [-0.25, -0.2) is 9.97 Å². The quantitative estimate of drug-likeness (QED) is 0.779. The van der Waals surface area contributed by atoms with Gasteiger partial charge < -0.3 is 10.5 Å². The van der Waals surface area contributed by atoms with E-state index in [2.05, 4.69) is 9.97 Å². The van der Waals surface area contributed by atoms with Gasteiger partial charge in [0.2, 0.25) is 5.88 Å². The van der Waals surface area contributed by atoms with Crippen molar-refractivity contribution in [2.24, 2.45) is 0 Å². The molecule has 0 amide bonds. The van der Waals surface area contributed by atoms with Crippen molar-refractivity contribution in [1.82, 2.24) is 9.97 Å². The number of nitrogens with zero attached hydrogens (tertiary/aromatic N) is 2. The van der Waals surface area contributed by atoms with Crippen LogP contribution in [0.5, 0.6) is 11.6 Å². The molecule has 70 valence electrons. The van der Waals surface area contributed by atoms with Gasteiger partial charge in [-0.15, -0.1) is 0 Å². The van der Waals surface area contributed by atoms with E-state index in [1.165, 1.54) is 12.4 Å². The lowest BCUT2D eigenvalue weighted by Crippen LogP contribution is -1.93. The third-order valence-corrected chi connectivity index (χ3v) is 1.61. The predicted octanol–water partition coefficient (Wildman–Crippen LogP) is 1.85. The highest BCUT2D eigenvalue weighted by Gasteiger charge is 1.97. The zero-order valence-electron chi connectivity index (χ0n) is 7.42. The van der Waals surface area contributed by atoms with Crippen LogP contribution < -0.4 is 10.5 Å². The van der Waals surface area contributed by atoms with Gasteiger partial charge >= 0.3 is 0 Å². The van der Waals surface area contributed by atoms with Crippen LogP contribution in [-0.4, -0.2) is 9.97 Å². The Hall–Kier alpha value is -2.10. The number of hydrogen-bond acceptors (Lipinski definition) is 4. The van der Waals surface area contributed by atoms with Crippen LogP contribution in [0.25, 0.3) is 0 Å². The Labute approximate surface area is 81.4 Å². The molecule has 0 atom stereocenters. The zero-order valence-corrected chi connectivity index (χ0v) is 7.42. The Morgan fingerprint density at radius 2 is 1.79 bits per heavy atom. The Morgan fingerprint density at radius 1 is 1.00 bits per heavy atom. The Morgan fingerprint density at radius 3 is 2.43 bits per heavy atom. The fourth-order valence-electron chi connectivity index (χ4n) is 0.988. The first-order valence-electron chi connectivity index (χ1n) is 4.15. The van der Waals surface area contributed by atoms with Crippen molar-refractivity contribution in [1.29, 1.82) is 0 Å². The van der Waals surface area contributed by atoms with Crippen LogP contribution in [0.4, 0.5) is 5.82 Å². The molecule has 2 N–H and O–H groups in total. The van der Waals surface area contributed by atoms with Gasteiger partial charge in [0.1, 0.15) is 11.6 Å². The Kier molecular flexibility index (Phi) is 2.27. The van der Waals surface area contributed by atoms with Crippen molar-refractivity contribution in [3.05, 3.63) is 42.7 Å². The maximum atomic E-state index is 5.40. The summed E-state index contributed by atoms with van der Waals surface area (Å²) < 4.78 is 5.40. The molecular weight excluding hydrogens is 178 g/mol. The predicted molar refractivity (Wildman–Crippen MR) is 53.0 cm³/mol. The number of para-hydroxylation sites is 1. The average molecular weight is 187 g/mol. The number of aromatic nitrogens is 2. The number of nitrogen functional groups attached to an aromatic ring is 1. The first kappa shape index (κ1) is 8.50. The molecule has 0 spiro atoms. The van der Waals surface area contributed by atoms with E-state index in [4.69, 9.17) is 10.5 Å².